The van der Waals surface area contributed by atoms with E-state index in [9.17, 15) is 4.79 Å². The highest BCUT2D eigenvalue weighted by molar-refractivity contribution is 5.96. The van der Waals surface area contributed by atoms with Crippen molar-refractivity contribution in [2.45, 2.75) is 12.5 Å². The van der Waals surface area contributed by atoms with Crippen molar-refractivity contribution in [2.75, 3.05) is 24.7 Å². The van der Waals surface area contributed by atoms with E-state index >= 15 is 0 Å². The number of para-hydroxylation sites is 1. The number of ether oxygens (including phenoxy) is 2. The molecule has 0 spiro atoms. The molecule has 23 heavy (non-hydrogen) atoms. The van der Waals surface area contributed by atoms with Crippen LogP contribution in [-0.4, -0.2) is 31.7 Å². The number of hydrogen-bond acceptors (Lipinski definition) is 4. The van der Waals surface area contributed by atoms with Gasteiger partial charge in [0.1, 0.15) is 24.7 Å². The number of benzene rings is 2. The zero-order valence-corrected chi connectivity index (χ0v) is 12.9. The number of nitrogens with two attached hydrogens (primary N) is 1. The van der Waals surface area contributed by atoms with Crippen molar-refractivity contribution in [1.29, 1.82) is 0 Å². The lowest BCUT2D eigenvalue weighted by Crippen LogP contribution is -2.27. The zero-order chi connectivity index (χ0) is 16.1. The smallest absolute Gasteiger partial charge is 0.228 e. The second-order valence-electron chi connectivity index (χ2n) is 5.48. The molecule has 1 aliphatic heterocycles. The molecule has 1 amide bonds. The fourth-order valence-corrected chi connectivity index (χ4v) is 2.56. The van der Waals surface area contributed by atoms with Crippen LogP contribution in [0.3, 0.4) is 0 Å². The van der Waals surface area contributed by atoms with E-state index in [0.717, 1.165) is 11.4 Å². The second kappa shape index (κ2) is 7.15. The second-order valence-corrected chi connectivity index (χ2v) is 5.48. The summed E-state index contributed by atoms with van der Waals surface area (Å²) in [5, 5.41) is 0. The molecular weight excluding hydrogens is 292 g/mol. The summed E-state index contributed by atoms with van der Waals surface area (Å²) in [6.45, 7) is 1.45. The van der Waals surface area contributed by atoms with Gasteiger partial charge in [-0.2, -0.15) is 0 Å². The standard InChI is InChI=1S/C18H20N2O3/c19-14-11-18(21)20(13-14)15-5-4-8-17(12-15)23-10-9-22-16-6-2-1-3-7-16/h1-8,12,14H,9-11,13,19H2. The molecule has 1 fully saturated rings. The fraction of sp³-hybridized carbons (Fsp3) is 0.278. The van der Waals surface area contributed by atoms with Gasteiger partial charge in [0.25, 0.3) is 0 Å². The van der Waals surface area contributed by atoms with Crippen molar-refractivity contribution in [3.8, 4) is 11.5 Å². The van der Waals surface area contributed by atoms with Crippen LogP contribution in [0.15, 0.2) is 54.6 Å². The van der Waals surface area contributed by atoms with Crippen LogP contribution in [0, 0.1) is 0 Å². The third-order valence-corrected chi connectivity index (χ3v) is 3.65. The first-order valence-electron chi connectivity index (χ1n) is 7.69. The molecule has 2 aromatic rings. The first kappa shape index (κ1) is 15.4. The highest BCUT2D eigenvalue weighted by Gasteiger charge is 2.28. The van der Waals surface area contributed by atoms with Crippen LogP contribution in [0.1, 0.15) is 6.42 Å². The minimum absolute atomic E-state index is 0.0575. The van der Waals surface area contributed by atoms with Gasteiger partial charge in [-0.3, -0.25) is 4.79 Å². The van der Waals surface area contributed by atoms with E-state index in [1.165, 1.54) is 0 Å². The molecule has 0 saturated carbocycles. The minimum Gasteiger partial charge on any atom is -0.490 e. The van der Waals surface area contributed by atoms with Crippen LogP contribution < -0.4 is 20.1 Å². The van der Waals surface area contributed by atoms with Gasteiger partial charge in [-0.05, 0) is 24.3 Å². The largest absolute Gasteiger partial charge is 0.490 e. The maximum absolute atomic E-state index is 11.9. The monoisotopic (exact) mass is 312 g/mol. The molecule has 5 nitrogen and oxygen atoms in total. The molecule has 1 saturated heterocycles. The van der Waals surface area contributed by atoms with E-state index < -0.39 is 0 Å². The predicted octanol–water partition coefficient (Wildman–Crippen LogP) is 2.21. The molecule has 2 aromatic carbocycles. The molecule has 0 aliphatic carbocycles. The van der Waals surface area contributed by atoms with Gasteiger partial charge in [0, 0.05) is 30.8 Å². The van der Waals surface area contributed by atoms with Crippen molar-refractivity contribution in [2.24, 2.45) is 5.73 Å². The van der Waals surface area contributed by atoms with Gasteiger partial charge in [0.15, 0.2) is 0 Å². The maximum atomic E-state index is 11.9. The minimum atomic E-state index is -0.0913. The number of anilines is 1. The third-order valence-electron chi connectivity index (χ3n) is 3.65. The van der Waals surface area contributed by atoms with Crippen LogP contribution >= 0.6 is 0 Å². The van der Waals surface area contributed by atoms with Gasteiger partial charge in [-0.15, -0.1) is 0 Å². The Bertz CT molecular complexity index is 660. The number of amides is 1. The molecule has 2 N–H and O–H groups in total. The Morgan fingerprint density at radius 2 is 1.70 bits per heavy atom. The van der Waals surface area contributed by atoms with E-state index in [1.54, 1.807) is 4.90 Å². The number of carbonyl (C=O) groups excluding carboxylic acids is 1. The van der Waals surface area contributed by atoms with Gasteiger partial charge < -0.3 is 20.1 Å². The highest BCUT2D eigenvalue weighted by Crippen LogP contribution is 2.25. The molecule has 0 bridgehead atoms. The Hall–Kier alpha value is -2.53. The lowest BCUT2D eigenvalue weighted by molar-refractivity contribution is -0.117. The molecule has 120 valence electrons. The van der Waals surface area contributed by atoms with Gasteiger partial charge in [0.05, 0.1) is 0 Å². The van der Waals surface area contributed by atoms with Crippen molar-refractivity contribution >= 4 is 11.6 Å². The van der Waals surface area contributed by atoms with Crippen molar-refractivity contribution in [3.63, 3.8) is 0 Å². The normalized spacial score (nSPS) is 17.3. The van der Waals surface area contributed by atoms with Crippen molar-refractivity contribution in [1.82, 2.24) is 0 Å². The van der Waals surface area contributed by atoms with Crippen molar-refractivity contribution in [3.05, 3.63) is 54.6 Å². The van der Waals surface area contributed by atoms with Gasteiger partial charge in [-0.25, -0.2) is 0 Å². The summed E-state index contributed by atoms with van der Waals surface area (Å²) in [5.74, 6) is 1.59. The number of nitrogens with zero attached hydrogens (tertiary/aromatic N) is 1. The Balaban J connectivity index is 1.53. The van der Waals surface area contributed by atoms with E-state index in [-0.39, 0.29) is 11.9 Å². The van der Waals surface area contributed by atoms with Crippen LogP contribution in [0.4, 0.5) is 5.69 Å². The van der Waals surface area contributed by atoms with E-state index in [2.05, 4.69) is 0 Å². The Kier molecular flexibility index (Phi) is 4.78. The quantitative estimate of drug-likeness (QED) is 0.831. The fourth-order valence-electron chi connectivity index (χ4n) is 2.56. The summed E-state index contributed by atoms with van der Waals surface area (Å²) in [6, 6.07) is 17.0. The zero-order valence-electron chi connectivity index (χ0n) is 12.9. The third kappa shape index (κ3) is 4.02. The molecule has 0 aromatic heterocycles. The molecular formula is C18H20N2O3. The Morgan fingerprint density at radius 1 is 1.00 bits per heavy atom. The first-order chi connectivity index (χ1) is 11.2. The van der Waals surface area contributed by atoms with Crippen LogP contribution in [0.5, 0.6) is 11.5 Å². The summed E-state index contributed by atoms with van der Waals surface area (Å²) in [5.41, 5.74) is 6.66. The molecule has 1 atom stereocenters. The SMILES string of the molecule is NC1CC(=O)N(c2cccc(OCCOc3ccccc3)c2)C1. The Labute approximate surface area is 135 Å². The summed E-state index contributed by atoms with van der Waals surface area (Å²) >= 11 is 0. The predicted molar refractivity (Wildman–Crippen MR) is 88.8 cm³/mol. The highest BCUT2D eigenvalue weighted by atomic mass is 16.5. The summed E-state index contributed by atoms with van der Waals surface area (Å²) in [6.07, 6.45) is 0.399. The van der Waals surface area contributed by atoms with E-state index in [1.807, 2.05) is 54.6 Å². The van der Waals surface area contributed by atoms with Crippen LogP contribution in [0.2, 0.25) is 0 Å². The van der Waals surface area contributed by atoms with Gasteiger partial charge in [-0.1, -0.05) is 24.3 Å². The average molecular weight is 312 g/mol. The molecule has 1 aliphatic rings. The lowest BCUT2D eigenvalue weighted by Gasteiger charge is -2.17. The summed E-state index contributed by atoms with van der Waals surface area (Å²) in [4.78, 5) is 13.6. The molecule has 5 heteroatoms. The van der Waals surface area contributed by atoms with Gasteiger partial charge >= 0.3 is 0 Å². The van der Waals surface area contributed by atoms with Crippen LogP contribution in [0.25, 0.3) is 0 Å². The first-order valence-corrected chi connectivity index (χ1v) is 7.69. The molecule has 3 rings (SSSR count). The average Bonchev–Trinajstić information content (AvgIpc) is 2.91. The van der Waals surface area contributed by atoms with Gasteiger partial charge in [0.2, 0.25) is 5.91 Å². The molecule has 0 radical (unpaired) electrons. The Morgan fingerprint density at radius 3 is 2.39 bits per heavy atom. The summed E-state index contributed by atoms with van der Waals surface area (Å²) in [7, 11) is 0. The van der Waals surface area contributed by atoms with Crippen molar-refractivity contribution < 1.29 is 14.3 Å². The molecule has 1 unspecified atom stereocenters. The molecule has 1 heterocycles. The van der Waals surface area contributed by atoms with E-state index in [0.29, 0.717) is 31.9 Å². The van der Waals surface area contributed by atoms with E-state index in [4.69, 9.17) is 15.2 Å². The summed E-state index contributed by atoms with van der Waals surface area (Å²) < 4.78 is 11.3. The number of hydrogen-bond donors (Lipinski definition) is 1. The van der Waals surface area contributed by atoms with Crippen LogP contribution in [-0.2, 0) is 4.79 Å². The topological polar surface area (TPSA) is 64.8 Å². The number of rotatable bonds is 6. The lowest BCUT2D eigenvalue weighted by atomic mass is 10.3. The number of carbonyl (C=O) groups is 1. The maximum Gasteiger partial charge on any atom is 0.228 e.